The molecule has 1 aliphatic heterocycles. The zero-order valence-corrected chi connectivity index (χ0v) is 21.5. The number of nitrogens with one attached hydrogen (secondary N) is 1. The molecule has 1 aliphatic carbocycles. The van der Waals surface area contributed by atoms with Crippen LogP contribution in [0.25, 0.3) is 22.4 Å². The van der Waals surface area contributed by atoms with Crippen LogP contribution in [0.15, 0.2) is 53.7 Å². The number of hydrogen-bond acceptors (Lipinski definition) is 6. The largest absolute Gasteiger partial charge is 0.510 e. The monoisotopic (exact) mass is 532 g/mol. The first-order chi connectivity index (χ1) is 18.9. The lowest BCUT2D eigenvalue weighted by atomic mass is 10.0. The first kappa shape index (κ1) is 25.3. The number of ether oxygens (including phenoxy) is 2. The molecule has 4 heterocycles. The van der Waals surface area contributed by atoms with Crippen LogP contribution in [0.4, 0.5) is 10.1 Å². The number of hydrogen-bond donors (Lipinski definition) is 2. The summed E-state index contributed by atoms with van der Waals surface area (Å²) in [7, 11) is 0. The Morgan fingerprint density at radius 2 is 2.08 bits per heavy atom. The number of nitrogens with zero attached hydrogens (tertiary/aromatic N) is 3. The maximum atomic E-state index is 15.9. The van der Waals surface area contributed by atoms with Crippen LogP contribution in [0.5, 0.6) is 0 Å². The fourth-order valence-corrected chi connectivity index (χ4v) is 4.95. The molecule has 2 aliphatic rings. The maximum Gasteiger partial charge on any atom is 0.257 e. The second-order valence-corrected chi connectivity index (χ2v) is 10.2. The minimum absolute atomic E-state index is 0.0204. The van der Waals surface area contributed by atoms with Crippen molar-refractivity contribution in [2.45, 2.75) is 58.0 Å². The van der Waals surface area contributed by atoms with Crippen LogP contribution in [-0.2, 0) is 16.1 Å². The van der Waals surface area contributed by atoms with Gasteiger partial charge in [0.15, 0.2) is 17.5 Å². The fourth-order valence-electron chi connectivity index (χ4n) is 4.95. The van der Waals surface area contributed by atoms with E-state index in [1.165, 1.54) is 31.3 Å². The average Bonchev–Trinajstić information content (AvgIpc) is 3.53. The number of rotatable bonds is 7. The number of halogens is 1. The van der Waals surface area contributed by atoms with Gasteiger partial charge >= 0.3 is 0 Å². The van der Waals surface area contributed by atoms with Crippen molar-refractivity contribution in [3.63, 3.8) is 0 Å². The lowest BCUT2D eigenvalue weighted by Crippen LogP contribution is -2.22. The van der Waals surface area contributed by atoms with Crippen LogP contribution in [0.1, 0.15) is 61.0 Å². The normalized spacial score (nSPS) is 18.4. The van der Waals surface area contributed by atoms with E-state index >= 15 is 4.39 Å². The van der Waals surface area contributed by atoms with Crippen molar-refractivity contribution in [1.29, 1.82) is 0 Å². The fraction of sp³-hybridized carbons (Fsp3) is 0.345. The molecule has 1 unspecified atom stereocenters. The van der Waals surface area contributed by atoms with Gasteiger partial charge in [0.25, 0.3) is 5.91 Å². The van der Waals surface area contributed by atoms with Gasteiger partial charge in [0.2, 0.25) is 0 Å². The van der Waals surface area contributed by atoms with E-state index in [4.69, 9.17) is 9.47 Å². The second kappa shape index (κ2) is 10.3. The molecule has 2 N–H and O–H groups in total. The number of anilines is 1. The molecule has 9 nitrogen and oxygen atoms in total. The van der Waals surface area contributed by atoms with Crippen molar-refractivity contribution >= 4 is 22.9 Å². The highest BCUT2D eigenvalue weighted by Gasteiger charge is 2.26. The number of aliphatic hydroxyl groups is 1. The topological polar surface area (TPSA) is 107 Å². The van der Waals surface area contributed by atoms with E-state index in [0.717, 1.165) is 32.1 Å². The van der Waals surface area contributed by atoms with Crippen molar-refractivity contribution in [2.75, 3.05) is 11.9 Å². The molecule has 1 saturated heterocycles. The predicted molar refractivity (Wildman–Crippen MR) is 143 cm³/mol. The third-order valence-electron chi connectivity index (χ3n) is 7.15. The van der Waals surface area contributed by atoms with Gasteiger partial charge in [0.05, 0.1) is 41.0 Å². The summed E-state index contributed by atoms with van der Waals surface area (Å²) in [4.78, 5) is 25.5. The van der Waals surface area contributed by atoms with E-state index in [0.29, 0.717) is 40.2 Å². The van der Waals surface area contributed by atoms with Crippen LogP contribution in [0.3, 0.4) is 0 Å². The molecule has 3 aromatic heterocycles. The van der Waals surface area contributed by atoms with Gasteiger partial charge < -0.3 is 24.3 Å². The molecule has 0 spiro atoms. The summed E-state index contributed by atoms with van der Waals surface area (Å²) < 4.78 is 30.9. The number of pyridine rings is 1. The standard InChI is InChI=1S/C29H29FN4O5/c1-17(35)25-13-23(26-12-21(36)7-8-33(25)26)29(37)32-24-11-18(16-39-27-4-2-3-9-38-27)10-22(28(24)30)19-14-31-34(15-19)20-5-6-20/h7-8,10-15,20,27,35H,2-6,9,16H2,1H3,(H,32,37)/b25-17-. The van der Waals surface area contributed by atoms with E-state index in [9.17, 15) is 14.7 Å². The summed E-state index contributed by atoms with van der Waals surface area (Å²) in [5.41, 5.74) is 1.69. The Morgan fingerprint density at radius 3 is 2.82 bits per heavy atom. The Kier molecular flexibility index (Phi) is 6.66. The van der Waals surface area contributed by atoms with Gasteiger partial charge in [0, 0.05) is 42.3 Å². The Bertz CT molecular complexity index is 1660. The molecule has 1 saturated carbocycles. The van der Waals surface area contributed by atoms with Gasteiger partial charge in [-0.1, -0.05) is 0 Å². The lowest BCUT2D eigenvalue weighted by Gasteiger charge is -2.23. The second-order valence-electron chi connectivity index (χ2n) is 10.2. The molecular formula is C29H29FN4O5. The number of fused-ring (bicyclic) bond motifs is 1. The van der Waals surface area contributed by atoms with Gasteiger partial charge in [-0.05, 0) is 62.8 Å². The molecule has 1 aromatic carbocycles. The Labute approximate surface area is 223 Å². The number of benzene rings is 1. The van der Waals surface area contributed by atoms with Crippen molar-refractivity contribution < 1.29 is 23.8 Å². The molecular weight excluding hydrogens is 503 g/mol. The zero-order chi connectivity index (χ0) is 27.1. The van der Waals surface area contributed by atoms with Crippen LogP contribution >= 0.6 is 0 Å². The highest BCUT2D eigenvalue weighted by Crippen LogP contribution is 2.36. The summed E-state index contributed by atoms with van der Waals surface area (Å²) in [6.45, 7) is 2.31. The van der Waals surface area contributed by atoms with Gasteiger partial charge in [-0.2, -0.15) is 5.10 Å². The van der Waals surface area contributed by atoms with Gasteiger partial charge in [-0.25, -0.2) is 4.39 Å². The molecule has 202 valence electrons. The number of amides is 1. The Hall–Kier alpha value is -4.02. The van der Waals surface area contributed by atoms with Crippen LogP contribution in [0.2, 0.25) is 0 Å². The van der Waals surface area contributed by atoms with Crippen molar-refractivity contribution in [3.8, 4) is 11.1 Å². The van der Waals surface area contributed by atoms with Gasteiger partial charge in [-0.3, -0.25) is 14.3 Å². The third kappa shape index (κ3) is 5.17. The lowest BCUT2D eigenvalue weighted by molar-refractivity contribution is -0.168. The quantitative estimate of drug-likeness (QED) is 0.367. The molecule has 1 atom stereocenters. The van der Waals surface area contributed by atoms with Crippen LogP contribution in [0, 0.1) is 5.82 Å². The average molecular weight is 533 g/mol. The van der Waals surface area contributed by atoms with Crippen LogP contribution in [-0.4, -0.2) is 38.1 Å². The molecule has 39 heavy (non-hydrogen) atoms. The summed E-state index contributed by atoms with van der Waals surface area (Å²) >= 11 is 0. The van der Waals surface area contributed by atoms with E-state index in [-0.39, 0.29) is 35.3 Å². The predicted octanol–water partition coefficient (Wildman–Crippen LogP) is 4.34. The summed E-state index contributed by atoms with van der Waals surface area (Å²) in [5, 5.41) is 17.6. The van der Waals surface area contributed by atoms with Crippen molar-refractivity contribution in [3.05, 3.63) is 81.4 Å². The van der Waals surface area contributed by atoms with E-state index in [1.54, 1.807) is 22.7 Å². The smallest absolute Gasteiger partial charge is 0.257 e. The van der Waals surface area contributed by atoms with Crippen LogP contribution < -0.4 is 16.1 Å². The van der Waals surface area contributed by atoms with Crippen molar-refractivity contribution in [2.24, 2.45) is 0 Å². The number of carbonyl (C=O) groups is 1. The first-order valence-electron chi connectivity index (χ1n) is 13.1. The molecule has 2 fully saturated rings. The molecule has 6 rings (SSSR count). The maximum absolute atomic E-state index is 15.9. The van der Waals surface area contributed by atoms with Gasteiger partial charge in [-0.15, -0.1) is 0 Å². The highest BCUT2D eigenvalue weighted by molar-refractivity contribution is 6.09. The minimum Gasteiger partial charge on any atom is -0.510 e. The Balaban J connectivity index is 1.36. The summed E-state index contributed by atoms with van der Waals surface area (Å²) in [6.07, 6.45) is 9.51. The third-order valence-corrected chi connectivity index (χ3v) is 7.15. The van der Waals surface area contributed by atoms with Gasteiger partial charge in [0.1, 0.15) is 5.76 Å². The number of carbonyl (C=O) groups excluding carboxylic acids is 1. The molecule has 1 amide bonds. The highest BCUT2D eigenvalue weighted by atomic mass is 19.1. The van der Waals surface area contributed by atoms with E-state index in [2.05, 4.69) is 10.4 Å². The minimum atomic E-state index is -0.613. The molecule has 0 radical (unpaired) electrons. The zero-order valence-electron chi connectivity index (χ0n) is 21.5. The van der Waals surface area contributed by atoms with E-state index in [1.807, 2.05) is 10.9 Å². The SMILES string of the molecule is C/C(O)=c1\cc(C(=O)Nc2cc(COC3CCCCO3)cc(-c3cnn(C4CC4)c3)c2F)c2cc(=O)ccn12. The number of aromatic nitrogens is 3. The van der Waals surface area contributed by atoms with E-state index < -0.39 is 11.7 Å². The Morgan fingerprint density at radius 1 is 1.23 bits per heavy atom. The molecule has 0 bridgehead atoms. The summed E-state index contributed by atoms with van der Waals surface area (Å²) in [6, 6.07) is 7.73. The van der Waals surface area contributed by atoms with Crippen molar-refractivity contribution in [1.82, 2.24) is 14.2 Å². The number of aliphatic hydroxyl groups excluding tert-OH is 1. The molecule has 4 aromatic rings. The molecule has 10 heteroatoms. The summed E-state index contributed by atoms with van der Waals surface area (Å²) in [5.74, 6) is -1.24. The first-order valence-corrected chi connectivity index (χ1v) is 13.1.